The zero-order valence-electron chi connectivity index (χ0n) is 25.5. The number of hydrogen-bond donors (Lipinski definition) is 1. The van der Waals surface area contributed by atoms with Crippen molar-refractivity contribution in [2.75, 3.05) is 0 Å². The van der Waals surface area contributed by atoms with Crippen LogP contribution >= 0.6 is 0 Å². The van der Waals surface area contributed by atoms with Crippen molar-refractivity contribution in [1.29, 1.82) is 0 Å². The number of pyridine rings is 1. The molecule has 0 aliphatic heterocycles. The van der Waals surface area contributed by atoms with Crippen molar-refractivity contribution >= 4 is 39.6 Å². The van der Waals surface area contributed by atoms with Gasteiger partial charge >= 0.3 is 0 Å². The third-order valence-corrected chi connectivity index (χ3v) is 10.4. The molecular weight excluding hydrogens is 731 g/mol. The summed E-state index contributed by atoms with van der Waals surface area (Å²) in [6, 6.07) is 24.3. The van der Waals surface area contributed by atoms with Crippen LogP contribution in [-0.2, 0) is 24.9 Å². The summed E-state index contributed by atoms with van der Waals surface area (Å²) < 4.78 is 0. The van der Waals surface area contributed by atoms with E-state index in [2.05, 4.69) is 72.8 Å². The summed E-state index contributed by atoms with van der Waals surface area (Å²) in [6.07, 6.45) is 19.6. The molecule has 3 aromatic carbocycles. The molecule has 0 amide bonds. The van der Waals surface area contributed by atoms with E-state index in [4.69, 9.17) is 4.98 Å². The van der Waals surface area contributed by atoms with Gasteiger partial charge in [-0.3, -0.25) is 9.78 Å². The van der Waals surface area contributed by atoms with Crippen molar-refractivity contribution in [2.24, 2.45) is 17.8 Å². The second kappa shape index (κ2) is 15.0. The van der Waals surface area contributed by atoms with Gasteiger partial charge in [0.2, 0.25) is 0 Å². The number of fused-ring (bicyclic) bond motifs is 1. The van der Waals surface area contributed by atoms with Crippen LogP contribution in [-0.4, -0.2) is 15.9 Å². The molecule has 2 saturated carbocycles. The summed E-state index contributed by atoms with van der Waals surface area (Å²) in [6.45, 7) is 0. The smallest absolute Gasteiger partial charge is 0.165 e. The van der Waals surface area contributed by atoms with Crippen LogP contribution in [0.15, 0.2) is 72.0 Å². The molecule has 1 heterocycles. The van der Waals surface area contributed by atoms with Gasteiger partial charge in [0.25, 0.3) is 0 Å². The van der Waals surface area contributed by atoms with Crippen LogP contribution < -0.4 is 0 Å². The average Bonchev–Trinajstić information content (AvgIpc) is 3.49. The van der Waals surface area contributed by atoms with E-state index in [1.165, 1.54) is 78.7 Å². The normalized spacial score (nSPS) is 19.9. The minimum absolute atomic E-state index is 0. The van der Waals surface area contributed by atoms with Gasteiger partial charge in [0, 0.05) is 42.9 Å². The Balaban J connectivity index is 0.000000171. The Morgan fingerprint density at radius 2 is 1.53 bits per heavy atom. The Morgan fingerprint density at radius 1 is 0.800 bits per heavy atom. The number of aromatic nitrogens is 1. The van der Waals surface area contributed by atoms with E-state index >= 15 is 0 Å². The maximum atomic E-state index is 12.8. The average molecular weight is 777 g/mol. The second-order valence-electron chi connectivity index (χ2n) is 13.1. The molecule has 4 aliphatic rings. The zero-order valence-corrected chi connectivity index (χ0v) is 27.9. The van der Waals surface area contributed by atoms with Crippen molar-refractivity contribution in [1.82, 2.24) is 4.98 Å². The Kier molecular flexibility index (Phi) is 11.1. The van der Waals surface area contributed by atoms with Crippen molar-refractivity contribution in [2.45, 2.75) is 90.9 Å². The van der Waals surface area contributed by atoms with E-state index in [-0.39, 0.29) is 33.4 Å². The molecule has 1 N–H and O–H groups in total. The first kappa shape index (κ1) is 33.3. The number of rotatable bonds is 4. The number of benzene rings is 3. The van der Waals surface area contributed by atoms with Gasteiger partial charge in [-0.1, -0.05) is 106 Å². The predicted molar refractivity (Wildman–Crippen MR) is 184 cm³/mol. The van der Waals surface area contributed by atoms with Gasteiger partial charge in [0.1, 0.15) is 5.76 Å². The molecule has 2 fully saturated rings. The van der Waals surface area contributed by atoms with Gasteiger partial charge < -0.3 is 5.11 Å². The molecule has 1 unspecified atom stereocenters. The molecule has 1 radical (unpaired) electrons. The summed E-state index contributed by atoms with van der Waals surface area (Å²) in [7, 11) is 0. The second-order valence-corrected chi connectivity index (χ2v) is 13.1. The van der Waals surface area contributed by atoms with Crippen LogP contribution in [0.2, 0.25) is 0 Å². The number of nitrogens with zero attached hydrogens (tertiary/aromatic N) is 1. The summed E-state index contributed by atoms with van der Waals surface area (Å²) in [4.78, 5) is 17.7. The molecule has 3 nitrogen and oxygen atoms in total. The first-order valence-electron chi connectivity index (χ1n) is 16.7. The van der Waals surface area contributed by atoms with Crippen LogP contribution in [0.5, 0.6) is 0 Å². The van der Waals surface area contributed by atoms with E-state index in [9.17, 15) is 9.90 Å². The number of carbonyl (C=O) groups excluding carboxylic acids is 1. The van der Waals surface area contributed by atoms with E-state index in [1.54, 1.807) is 0 Å². The number of allylic oxidation sites excluding steroid dienone is 2. The Hall–Kier alpha value is -3.07. The fourth-order valence-electron chi connectivity index (χ4n) is 8.14. The van der Waals surface area contributed by atoms with E-state index in [0.29, 0.717) is 23.4 Å². The van der Waals surface area contributed by atoms with Crippen molar-refractivity contribution in [3.63, 3.8) is 0 Å². The largest absolute Gasteiger partial charge is 0.512 e. The molecule has 8 rings (SSSR count). The first-order chi connectivity index (χ1) is 21.2. The molecule has 1 atom stereocenters. The fraction of sp³-hybridized carbons (Fsp3) is 0.415. The number of carbonyl (C=O) groups is 1. The number of Topliss-reactive ketones (excluding diaryl/α,β-unsaturated/α-hetero) is 1. The number of aliphatic hydroxyl groups excluding tert-OH is 1. The van der Waals surface area contributed by atoms with Crippen LogP contribution in [0, 0.1) is 23.8 Å². The monoisotopic (exact) mass is 777 g/mol. The molecule has 0 spiro atoms. The molecular formula is C41H46IrNO2-. The van der Waals surface area contributed by atoms with E-state index in [0.717, 1.165) is 54.5 Å². The summed E-state index contributed by atoms with van der Waals surface area (Å²) in [5.74, 6) is 1.94. The zero-order chi connectivity index (χ0) is 29.2. The van der Waals surface area contributed by atoms with Gasteiger partial charge in [0.15, 0.2) is 5.78 Å². The molecule has 0 bridgehead atoms. The fourth-order valence-corrected chi connectivity index (χ4v) is 8.14. The van der Waals surface area contributed by atoms with Gasteiger partial charge in [-0.05, 0) is 73.8 Å². The van der Waals surface area contributed by atoms with Crippen LogP contribution in [0.3, 0.4) is 0 Å². The molecule has 237 valence electrons. The van der Waals surface area contributed by atoms with Crippen LogP contribution in [0.4, 0.5) is 0 Å². The van der Waals surface area contributed by atoms with E-state index in [1.807, 2.05) is 6.07 Å². The molecule has 45 heavy (non-hydrogen) atoms. The quantitative estimate of drug-likeness (QED) is 0.185. The summed E-state index contributed by atoms with van der Waals surface area (Å²) >= 11 is 0. The minimum Gasteiger partial charge on any atom is -0.512 e. The summed E-state index contributed by atoms with van der Waals surface area (Å²) in [5, 5.41) is 14.4. The Labute approximate surface area is 282 Å². The van der Waals surface area contributed by atoms with Crippen molar-refractivity contribution < 1.29 is 30.0 Å². The van der Waals surface area contributed by atoms with Gasteiger partial charge in [-0.15, -0.1) is 29.1 Å². The summed E-state index contributed by atoms with van der Waals surface area (Å²) in [5.41, 5.74) is 6.44. The predicted octanol–water partition coefficient (Wildman–Crippen LogP) is 11.3. The Bertz CT molecular complexity index is 1700. The third kappa shape index (κ3) is 6.88. The van der Waals surface area contributed by atoms with Crippen LogP contribution in [0.1, 0.15) is 102 Å². The molecule has 4 aliphatic carbocycles. The maximum Gasteiger partial charge on any atom is 0.165 e. The molecule has 1 aromatic heterocycles. The topological polar surface area (TPSA) is 50.2 Å². The molecule has 4 heteroatoms. The van der Waals surface area contributed by atoms with Gasteiger partial charge in [-0.25, -0.2) is 0 Å². The first-order valence-corrected chi connectivity index (χ1v) is 16.7. The third-order valence-electron chi connectivity index (χ3n) is 10.4. The SMILES string of the molecule is C.O=C(C1=C(O)C(C2CCCCC2)CCC1)C1CCCCC1.[Ir].[c-]1ccc2ccccc2c1-c1cc2c3c(cccc3n1)C=C2. The molecule has 0 saturated heterocycles. The van der Waals surface area contributed by atoms with Gasteiger partial charge in [0.05, 0.1) is 5.52 Å². The number of hydrogen-bond acceptors (Lipinski definition) is 3. The van der Waals surface area contributed by atoms with Crippen LogP contribution in [0.25, 0.3) is 45.1 Å². The van der Waals surface area contributed by atoms with Gasteiger partial charge in [-0.2, -0.15) is 0 Å². The van der Waals surface area contributed by atoms with E-state index < -0.39 is 0 Å². The number of ketones is 1. The Morgan fingerprint density at radius 3 is 2.33 bits per heavy atom. The minimum atomic E-state index is 0. The standard InChI is InChI=1S/C21H12N.C19H30O2.CH4.Ir/c1-2-8-17-14(5-1)6-3-9-18(17)20-13-16-12-11-15-7-4-10-19(22-20)21(15)16;20-18(15-10-5-2-6-11-15)17-13-7-12-16(19(17)21)14-8-3-1-4-9-14;;/h1-8,10-13H;14-16,21H,1-13H2;1H4;/q-1;;;. The maximum absolute atomic E-state index is 12.8. The number of aliphatic hydroxyl groups is 1. The van der Waals surface area contributed by atoms with Crippen molar-refractivity contribution in [3.8, 4) is 11.3 Å². The van der Waals surface area contributed by atoms with Crippen molar-refractivity contribution in [3.05, 3.63) is 89.2 Å². The molecule has 4 aromatic rings.